The first-order valence-electron chi connectivity index (χ1n) is 4.62. The Kier molecular flexibility index (Phi) is 2.11. The van der Waals surface area contributed by atoms with E-state index in [1.54, 1.807) is 12.1 Å². The van der Waals surface area contributed by atoms with Gasteiger partial charge in [-0.25, -0.2) is 4.39 Å². The molecule has 64 valence electrons. The molecule has 0 aromatic heterocycles. The van der Waals surface area contributed by atoms with E-state index in [-0.39, 0.29) is 5.82 Å². The minimum Gasteiger partial charge on any atom is -0.207 e. The van der Waals surface area contributed by atoms with Gasteiger partial charge in [0.15, 0.2) is 0 Å². The maximum absolute atomic E-state index is 13.2. The molecular weight excluding hydrogens is 151 g/mol. The highest BCUT2D eigenvalue weighted by Crippen LogP contribution is 2.34. The van der Waals surface area contributed by atoms with Crippen molar-refractivity contribution in [1.82, 2.24) is 0 Å². The molecular formula is C11H13F. The molecule has 0 amide bonds. The van der Waals surface area contributed by atoms with Crippen LogP contribution in [0, 0.1) is 5.82 Å². The first-order valence-corrected chi connectivity index (χ1v) is 4.62. The van der Waals surface area contributed by atoms with Crippen molar-refractivity contribution in [3.8, 4) is 0 Å². The van der Waals surface area contributed by atoms with Gasteiger partial charge in [-0.1, -0.05) is 31.0 Å². The Bertz CT molecular complexity index is 261. The summed E-state index contributed by atoms with van der Waals surface area (Å²) < 4.78 is 13.2. The predicted molar refractivity (Wildman–Crippen MR) is 47.6 cm³/mol. The third-order valence-electron chi connectivity index (χ3n) is 2.70. The van der Waals surface area contributed by atoms with Crippen molar-refractivity contribution in [3.63, 3.8) is 0 Å². The lowest BCUT2D eigenvalue weighted by molar-refractivity contribution is 0.580. The molecule has 12 heavy (non-hydrogen) atoms. The van der Waals surface area contributed by atoms with Gasteiger partial charge < -0.3 is 0 Å². The van der Waals surface area contributed by atoms with E-state index in [2.05, 4.69) is 0 Å². The van der Waals surface area contributed by atoms with Gasteiger partial charge in [0.25, 0.3) is 0 Å². The zero-order chi connectivity index (χ0) is 8.39. The van der Waals surface area contributed by atoms with Gasteiger partial charge in [-0.15, -0.1) is 0 Å². The Hall–Kier alpha value is -0.850. The SMILES string of the molecule is Fc1ccccc1C1CCCC1. The van der Waals surface area contributed by atoms with E-state index in [0.29, 0.717) is 5.92 Å². The van der Waals surface area contributed by atoms with Crippen molar-refractivity contribution in [2.24, 2.45) is 0 Å². The summed E-state index contributed by atoms with van der Waals surface area (Å²) in [6.45, 7) is 0. The molecule has 1 aliphatic rings. The Morgan fingerprint density at radius 2 is 1.75 bits per heavy atom. The summed E-state index contributed by atoms with van der Waals surface area (Å²) in [5.41, 5.74) is 0.926. The molecule has 0 unspecified atom stereocenters. The fourth-order valence-corrected chi connectivity index (χ4v) is 2.04. The molecule has 2 rings (SSSR count). The van der Waals surface area contributed by atoms with Gasteiger partial charge in [-0.2, -0.15) is 0 Å². The first kappa shape index (κ1) is 7.78. The molecule has 1 saturated carbocycles. The molecule has 0 saturated heterocycles. The van der Waals surface area contributed by atoms with Crippen LogP contribution in [0.5, 0.6) is 0 Å². The zero-order valence-corrected chi connectivity index (χ0v) is 7.09. The second-order valence-corrected chi connectivity index (χ2v) is 3.50. The molecule has 1 heteroatoms. The van der Waals surface area contributed by atoms with E-state index in [1.165, 1.54) is 25.7 Å². The monoisotopic (exact) mass is 164 g/mol. The minimum atomic E-state index is -0.0237. The van der Waals surface area contributed by atoms with Crippen molar-refractivity contribution < 1.29 is 4.39 Å². The summed E-state index contributed by atoms with van der Waals surface area (Å²) in [6, 6.07) is 7.17. The van der Waals surface area contributed by atoms with Crippen LogP contribution in [0.25, 0.3) is 0 Å². The summed E-state index contributed by atoms with van der Waals surface area (Å²) in [6.07, 6.45) is 4.86. The second-order valence-electron chi connectivity index (χ2n) is 3.50. The molecule has 0 atom stereocenters. The van der Waals surface area contributed by atoms with Crippen molar-refractivity contribution in [2.75, 3.05) is 0 Å². The summed E-state index contributed by atoms with van der Waals surface area (Å²) in [7, 11) is 0. The highest BCUT2D eigenvalue weighted by Gasteiger charge is 2.19. The number of hydrogen-bond donors (Lipinski definition) is 0. The third-order valence-corrected chi connectivity index (χ3v) is 2.70. The van der Waals surface area contributed by atoms with Crippen molar-refractivity contribution >= 4 is 0 Å². The van der Waals surface area contributed by atoms with Crippen LogP contribution in [-0.2, 0) is 0 Å². The fourth-order valence-electron chi connectivity index (χ4n) is 2.04. The summed E-state index contributed by atoms with van der Waals surface area (Å²) in [5, 5.41) is 0. The largest absolute Gasteiger partial charge is 0.207 e. The number of benzene rings is 1. The normalized spacial score (nSPS) is 18.4. The summed E-state index contributed by atoms with van der Waals surface area (Å²) in [5.74, 6) is 0.468. The molecule has 1 aromatic rings. The minimum absolute atomic E-state index is 0.0237. The Labute approximate surface area is 72.4 Å². The van der Waals surface area contributed by atoms with Gasteiger partial charge in [0.2, 0.25) is 0 Å². The van der Waals surface area contributed by atoms with Gasteiger partial charge >= 0.3 is 0 Å². The predicted octanol–water partition coefficient (Wildman–Crippen LogP) is 3.48. The fraction of sp³-hybridized carbons (Fsp3) is 0.455. The highest BCUT2D eigenvalue weighted by molar-refractivity contribution is 5.22. The molecule has 0 spiro atoms. The quantitative estimate of drug-likeness (QED) is 0.596. The van der Waals surface area contributed by atoms with Crippen molar-refractivity contribution in [2.45, 2.75) is 31.6 Å². The Morgan fingerprint density at radius 1 is 1.08 bits per heavy atom. The Morgan fingerprint density at radius 3 is 2.42 bits per heavy atom. The number of rotatable bonds is 1. The van der Waals surface area contributed by atoms with E-state index >= 15 is 0 Å². The first-order chi connectivity index (χ1) is 5.88. The average molecular weight is 164 g/mol. The maximum atomic E-state index is 13.2. The van der Waals surface area contributed by atoms with Crippen LogP contribution in [0.2, 0.25) is 0 Å². The highest BCUT2D eigenvalue weighted by atomic mass is 19.1. The lowest BCUT2D eigenvalue weighted by atomic mass is 9.97. The molecule has 0 bridgehead atoms. The third kappa shape index (κ3) is 1.36. The van der Waals surface area contributed by atoms with E-state index in [4.69, 9.17) is 0 Å². The summed E-state index contributed by atoms with van der Waals surface area (Å²) in [4.78, 5) is 0. The van der Waals surface area contributed by atoms with Gasteiger partial charge in [0.1, 0.15) is 5.82 Å². The van der Waals surface area contributed by atoms with Crippen molar-refractivity contribution in [1.29, 1.82) is 0 Å². The second kappa shape index (κ2) is 3.26. The van der Waals surface area contributed by atoms with Crippen molar-refractivity contribution in [3.05, 3.63) is 35.6 Å². The molecule has 0 nitrogen and oxygen atoms in total. The van der Waals surface area contributed by atoms with Gasteiger partial charge in [-0.05, 0) is 30.4 Å². The van der Waals surface area contributed by atoms with Crippen LogP contribution in [-0.4, -0.2) is 0 Å². The number of halogens is 1. The van der Waals surface area contributed by atoms with Crippen LogP contribution < -0.4 is 0 Å². The number of hydrogen-bond acceptors (Lipinski definition) is 0. The molecule has 1 aliphatic carbocycles. The Balaban J connectivity index is 2.26. The lowest BCUT2D eigenvalue weighted by Gasteiger charge is -2.09. The van der Waals surface area contributed by atoms with Crippen LogP contribution in [0.15, 0.2) is 24.3 Å². The molecule has 0 heterocycles. The molecule has 0 radical (unpaired) electrons. The molecule has 1 fully saturated rings. The van der Waals surface area contributed by atoms with Gasteiger partial charge in [0.05, 0.1) is 0 Å². The van der Waals surface area contributed by atoms with Gasteiger partial charge in [-0.3, -0.25) is 0 Å². The van der Waals surface area contributed by atoms with E-state index in [1.807, 2.05) is 12.1 Å². The summed E-state index contributed by atoms with van der Waals surface area (Å²) >= 11 is 0. The smallest absolute Gasteiger partial charge is 0.126 e. The van der Waals surface area contributed by atoms with Crippen LogP contribution in [0.1, 0.15) is 37.2 Å². The topological polar surface area (TPSA) is 0 Å². The zero-order valence-electron chi connectivity index (χ0n) is 7.09. The maximum Gasteiger partial charge on any atom is 0.126 e. The molecule has 0 aliphatic heterocycles. The van der Waals surface area contributed by atoms with Crippen LogP contribution >= 0.6 is 0 Å². The lowest BCUT2D eigenvalue weighted by Crippen LogP contribution is -1.95. The van der Waals surface area contributed by atoms with Crippen LogP contribution in [0.4, 0.5) is 4.39 Å². The molecule has 1 aromatic carbocycles. The van der Waals surface area contributed by atoms with Crippen LogP contribution in [0.3, 0.4) is 0 Å². The van der Waals surface area contributed by atoms with E-state index < -0.39 is 0 Å². The van der Waals surface area contributed by atoms with E-state index in [9.17, 15) is 4.39 Å². The average Bonchev–Trinajstić information content (AvgIpc) is 2.57. The standard InChI is InChI=1S/C11H13F/c12-11-8-4-3-7-10(11)9-5-1-2-6-9/h3-4,7-9H,1-2,5-6H2. The van der Waals surface area contributed by atoms with E-state index in [0.717, 1.165) is 5.56 Å². The van der Waals surface area contributed by atoms with Gasteiger partial charge in [0, 0.05) is 0 Å². The molecule has 0 N–H and O–H groups in total.